The lowest BCUT2D eigenvalue weighted by molar-refractivity contribution is -0.385. The molecule has 1 fully saturated rings. The number of aromatic nitrogens is 2. The van der Waals surface area contributed by atoms with Gasteiger partial charge in [-0.15, -0.1) is 12.4 Å². The van der Waals surface area contributed by atoms with E-state index >= 15 is 0 Å². The number of fused-ring (bicyclic) bond motifs is 1. The van der Waals surface area contributed by atoms with E-state index < -0.39 is 14.9 Å². The predicted octanol–water partition coefficient (Wildman–Crippen LogP) is 4.25. The quantitative estimate of drug-likeness (QED) is 0.222. The number of benzene rings is 1. The first-order valence-electron chi connectivity index (χ1n) is 10.9. The van der Waals surface area contributed by atoms with Crippen molar-refractivity contribution in [3.05, 3.63) is 68.4 Å². The average molecular weight is 586 g/mol. The summed E-state index contributed by atoms with van der Waals surface area (Å²) in [5.74, 6) is 0. The minimum atomic E-state index is -4.14. The summed E-state index contributed by atoms with van der Waals surface area (Å²) >= 11 is 3.44. The fourth-order valence-electron chi connectivity index (χ4n) is 3.94. The summed E-state index contributed by atoms with van der Waals surface area (Å²) in [6.07, 6.45) is 8.20. The van der Waals surface area contributed by atoms with Crippen LogP contribution < -0.4 is 0 Å². The Balaban J connectivity index is 0.00000342. The molecular formula is C22H26BrClN6O4S. The molecule has 1 aliphatic rings. The molecule has 0 N–H and O–H groups in total. The molecule has 3 heterocycles. The van der Waals surface area contributed by atoms with E-state index in [1.807, 2.05) is 12.1 Å². The fourth-order valence-corrected chi connectivity index (χ4v) is 5.74. The number of rotatable bonds is 8. The Bertz CT molecular complexity index is 1340. The van der Waals surface area contributed by atoms with Gasteiger partial charge < -0.3 is 4.90 Å². The Morgan fingerprint density at radius 3 is 2.69 bits per heavy atom. The molecule has 0 spiro atoms. The summed E-state index contributed by atoms with van der Waals surface area (Å²) in [6, 6.07) is 7.56. The number of hydrogen-bond donors (Lipinski definition) is 0. The molecule has 0 amide bonds. The lowest BCUT2D eigenvalue weighted by Gasteiger charge is -2.28. The first kappa shape index (κ1) is 27.1. The van der Waals surface area contributed by atoms with Crippen molar-refractivity contribution >= 4 is 55.8 Å². The van der Waals surface area contributed by atoms with E-state index in [4.69, 9.17) is 0 Å². The summed E-state index contributed by atoms with van der Waals surface area (Å²) in [6.45, 7) is 4.09. The molecule has 1 saturated heterocycles. The number of non-ortho nitro benzene ring substituents is 1. The zero-order valence-corrected chi connectivity index (χ0v) is 22.3. The molecule has 0 atom stereocenters. The highest BCUT2D eigenvalue weighted by molar-refractivity contribution is 9.10. The number of nitrogens with zero attached hydrogens (tertiary/aromatic N) is 6. The minimum absolute atomic E-state index is 0. The third kappa shape index (κ3) is 6.18. The van der Waals surface area contributed by atoms with Crippen LogP contribution >= 0.6 is 28.3 Å². The molecule has 13 heteroatoms. The molecular weight excluding hydrogens is 560 g/mol. The van der Waals surface area contributed by atoms with Gasteiger partial charge in [0.2, 0.25) is 0 Å². The maximum atomic E-state index is 13.6. The molecule has 3 aromatic rings. The number of halogens is 2. The van der Waals surface area contributed by atoms with E-state index in [0.29, 0.717) is 17.7 Å². The van der Waals surface area contributed by atoms with Gasteiger partial charge >= 0.3 is 0 Å². The van der Waals surface area contributed by atoms with E-state index in [1.165, 1.54) is 24.8 Å². The monoisotopic (exact) mass is 584 g/mol. The number of nitro benzene ring substituents is 1. The van der Waals surface area contributed by atoms with Gasteiger partial charge in [-0.05, 0) is 50.6 Å². The summed E-state index contributed by atoms with van der Waals surface area (Å²) in [7, 11) is -4.14. The van der Waals surface area contributed by atoms with E-state index in [9.17, 15) is 18.5 Å². The molecule has 2 aromatic heterocycles. The van der Waals surface area contributed by atoms with Crippen molar-refractivity contribution < 1.29 is 13.3 Å². The smallest absolute Gasteiger partial charge is 0.279 e. The molecule has 35 heavy (non-hydrogen) atoms. The number of aryl methyl sites for hydroxylation is 1. The average Bonchev–Trinajstić information content (AvgIpc) is 3.21. The van der Waals surface area contributed by atoms with Gasteiger partial charge in [-0.25, -0.2) is 4.52 Å². The van der Waals surface area contributed by atoms with E-state index in [2.05, 4.69) is 31.0 Å². The Hall–Kier alpha value is -2.54. The fraction of sp³-hybridized carbons (Fsp3) is 0.364. The van der Waals surface area contributed by atoms with Gasteiger partial charge in [0.15, 0.2) is 0 Å². The van der Waals surface area contributed by atoms with E-state index in [0.717, 1.165) is 46.4 Å². The van der Waals surface area contributed by atoms with Gasteiger partial charge in [-0.2, -0.15) is 23.0 Å². The lowest BCUT2D eigenvalue weighted by atomic mass is 10.1. The van der Waals surface area contributed by atoms with Crippen LogP contribution in [0.1, 0.15) is 30.4 Å². The molecule has 0 radical (unpaired) electrons. The van der Waals surface area contributed by atoms with E-state index in [-0.39, 0.29) is 29.5 Å². The topological polar surface area (TPSA) is 113 Å². The second kappa shape index (κ2) is 11.5. The highest BCUT2D eigenvalue weighted by Gasteiger charge is 2.28. The number of hydrogen-bond acceptors (Lipinski definition) is 7. The second-order valence-electron chi connectivity index (χ2n) is 8.18. The first-order chi connectivity index (χ1) is 16.3. The third-order valence-corrected chi connectivity index (χ3v) is 8.15. The van der Waals surface area contributed by atoms with Crippen molar-refractivity contribution in [1.29, 1.82) is 0 Å². The summed E-state index contributed by atoms with van der Waals surface area (Å²) in [5, 5.41) is 19.9. The van der Waals surface area contributed by atoms with E-state index in [1.54, 1.807) is 23.8 Å². The van der Waals surface area contributed by atoms with Crippen molar-refractivity contribution in [3.8, 4) is 0 Å². The van der Waals surface area contributed by atoms with Crippen molar-refractivity contribution in [2.45, 2.75) is 31.1 Å². The van der Waals surface area contributed by atoms with Crippen LogP contribution in [-0.2, 0) is 10.0 Å². The van der Waals surface area contributed by atoms with Gasteiger partial charge in [0.25, 0.3) is 15.7 Å². The molecule has 0 saturated carbocycles. The third-order valence-electron chi connectivity index (χ3n) is 5.83. The van der Waals surface area contributed by atoms with Gasteiger partial charge in [0, 0.05) is 34.9 Å². The maximum absolute atomic E-state index is 13.6. The number of pyridine rings is 1. The van der Waals surface area contributed by atoms with Crippen LogP contribution in [0.25, 0.3) is 5.52 Å². The SMILES string of the molecule is Cc1ccc([N+](=O)[O-])cc1S(=O)(=O)N(CCN1CCCCC1)/N=C\c1cnn2ccc(Br)cc12.Cl. The molecule has 10 nitrogen and oxygen atoms in total. The van der Waals surface area contributed by atoms with Crippen LogP contribution in [0.4, 0.5) is 5.69 Å². The highest BCUT2D eigenvalue weighted by Crippen LogP contribution is 2.25. The largest absolute Gasteiger partial charge is 0.301 e. The zero-order chi connectivity index (χ0) is 24.3. The number of likely N-dealkylation sites (tertiary alicyclic amines) is 1. The molecule has 0 bridgehead atoms. The summed E-state index contributed by atoms with van der Waals surface area (Å²) in [4.78, 5) is 12.8. The van der Waals surface area contributed by atoms with Crippen LogP contribution in [0.5, 0.6) is 0 Å². The number of hydrazone groups is 1. The summed E-state index contributed by atoms with van der Waals surface area (Å²) < 4.78 is 30.8. The van der Waals surface area contributed by atoms with Crippen LogP contribution in [-0.4, -0.2) is 64.7 Å². The number of nitro groups is 1. The molecule has 4 rings (SSSR count). The van der Waals surface area contributed by atoms with Crippen LogP contribution in [0.3, 0.4) is 0 Å². The predicted molar refractivity (Wildman–Crippen MR) is 140 cm³/mol. The molecule has 0 aliphatic carbocycles. The Morgan fingerprint density at radius 2 is 1.97 bits per heavy atom. The van der Waals surface area contributed by atoms with Crippen molar-refractivity contribution in [1.82, 2.24) is 18.9 Å². The van der Waals surface area contributed by atoms with Crippen LogP contribution in [0, 0.1) is 17.0 Å². The van der Waals surface area contributed by atoms with Crippen LogP contribution in [0.2, 0.25) is 0 Å². The second-order valence-corrected chi connectivity index (χ2v) is 10.9. The Labute approximate surface area is 218 Å². The minimum Gasteiger partial charge on any atom is -0.301 e. The Morgan fingerprint density at radius 1 is 1.23 bits per heavy atom. The van der Waals surface area contributed by atoms with Gasteiger partial charge in [-0.3, -0.25) is 10.1 Å². The molecule has 0 unspecified atom stereocenters. The van der Waals surface area contributed by atoms with Gasteiger partial charge in [-0.1, -0.05) is 28.4 Å². The zero-order valence-electron chi connectivity index (χ0n) is 19.1. The molecule has 188 valence electrons. The van der Waals surface area contributed by atoms with Crippen molar-refractivity contribution in [2.24, 2.45) is 5.10 Å². The first-order valence-corrected chi connectivity index (χ1v) is 13.2. The van der Waals surface area contributed by atoms with Crippen LogP contribution in [0.15, 0.2) is 57.2 Å². The normalized spacial score (nSPS) is 14.8. The number of piperidine rings is 1. The molecule has 1 aromatic carbocycles. The van der Waals surface area contributed by atoms with Crippen molar-refractivity contribution in [3.63, 3.8) is 0 Å². The standard InChI is InChI=1S/C22H25BrN6O4S.ClH/c1-17-5-6-20(29(30)31)14-22(17)34(32,33)28(12-11-26-8-3-2-4-9-26)25-16-18-15-24-27-10-7-19(23)13-21(18)27;/h5-7,10,13-16H,2-4,8-9,11-12H2,1H3;1H/b25-16-;. The lowest BCUT2D eigenvalue weighted by Crippen LogP contribution is -2.38. The highest BCUT2D eigenvalue weighted by atomic mass is 79.9. The molecule has 1 aliphatic heterocycles. The van der Waals surface area contributed by atoms with Gasteiger partial charge in [0.05, 0.1) is 34.3 Å². The summed E-state index contributed by atoms with van der Waals surface area (Å²) in [5.41, 5.74) is 1.55. The number of sulfonamides is 1. The maximum Gasteiger partial charge on any atom is 0.279 e. The van der Waals surface area contributed by atoms with Gasteiger partial charge in [0.1, 0.15) is 0 Å². The Kier molecular flexibility index (Phi) is 8.86. The van der Waals surface area contributed by atoms with Crippen molar-refractivity contribution in [2.75, 3.05) is 26.2 Å².